The van der Waals surface area contributed by atoms with Crippen LogP contribution in [0.25, 0.3) is 0 Å². The van der Waals surface area contributed by atoms with Crippen molar-refractivity contribution in [3.63, 3.8) is 0 Å². The number of hydrogen-bond acceptors (Lipinski definition) is 1. The summed E-state index contributed by atoms with van der Waals surface area (Å²) in [6.07, 6.45) is 5.85. The van der Waals surface area contributed by atoms with Crippen LogP contribution in [-0.2, 0) is 5.41 Å². The Hall–Kier alpha value is -1.55. The second-order valence-corrected chi connectivity index (χ2v) is 3.70. The lowest BCUT2D eigenvalue weighted by Gasteiger charge is -2.22. The van der Waals surface area contributed by atoms with Crippen LogP contribution in [0.3, 0.4) is 0 Å². The van der Waals surface area contributed by atoms with Gasteiger partial charge in [-0.25, -0.2) is 0 Å². The minimum absolute atomic E-state index is 0.440. The van der Waals surface area contributed by atoms with Crippen LogP contribution in [0.15, 0.2) is 42.5 Å². The van der Waals surface area contributed by atoms with Crippen molar-refractivity contribution in [2.24, 2.45) is 0 Å². The fraction of sp³-hybridized carbons (Fsp3) is 0.357. The van der Waals surface area contributed by atoms with Crippen molar-refractivity contribution in [2.75, 3.05) is 0 Å². The predicted octanol–water partition coefficient (Wildman–Crippen LogP) is 3.82. The summed E-state index contributed by atoms with van der Waals surface area (Å²) in [6, 6.07) is 12.5. The largest absolute Gasteiger partial charge is 0.197 e. The van der Waals surface area contributed by atoms with Crippen LogP contribution >= 0.6 is 0 Å². The van der Waals surface area contributed by atoms with Crippen molar-refractivity contribution in [3.05, 3.63) is 48.0 Å². The molecule has 0 bridgehead atoms. The lowest BCUT2D eigenvalue weighted by Crippen LogP contribution is -2.20. The van der Waals surface area contributed by atoms with E-state index in [1.165, 1.54) is 0 Å². The Morgan fingerprint density at radius 1 is 1.33 bits per heavy atom. The highest BCUT2D eigenvalue weighted by Gasteiger charge is 2.27. The molecule has 15 heavy (non-hydrogen) atoms. The van der Waals surface area contributed by atoms with Gasteiger partial charge in [-0.15, -0.1) is 0 Å². The first-order chi connectivity index (χ1) is 7.29. The molecule has 78 valence electrons. The van der Waals surface area contributed by atoms with Crippen LogP contribution in [0.5, 0.6) is 0 Å². The zero-order valence-electron chi connectivity index (χ0n) is 9.40. The molecule has 1 atom stereocenters. The Balaban J connectivity index is 3.16. The van der Waals surface area contributed by atoms with Crippen molar-refractivity contribution in [1.29, 1.82) is 5.26 Å². The maximum absolute atomic E-state index is 9.39. The van der Waals surface area contributed by atoms with Gasteiger partial charge < -0.3 is 0 Å². The van der Waals surface area contributed by atoms with Crippen LogP contribution < -0.4 is 0 Å². The second kappa shape index (κ2) is 5.36. The third-order valence-electron chi connectivity index (χ3n) is 2.58. The Morgan fingerprint density at radius 2 is 2.00 bits per heavy atom. The average molecular weight is 199 g/mol. The molecule has 0 amide bonds. The van der Waals surface area contributed by atoms with Gasteiger partial charge in [-0.3, -0.25) is 0 Å². The van der Waals surface area contributed by atoms with E-state index < -0.39 is 5.41 Å². The zero-order chi connectivity index (χ0) is 11.1. The first kappa shape index (κ1) is 11.5. The van der Waals surface area contributed by atoms with Gasteiger partial charge in [0.2, 0.25) is 0 Å². The van der Waals surface area contributed by atoms with E-state index in [0.717, 1.165) is 18.4 Å². The topological polar surface area (TPSA) is 23.8 Å². The van der Waals surface area contributed by atoms with E-state index in [4.69, 9.17) is 0 Å². The van der Waals surface area contributed by atoms with Crippen LogP contribution in [-0.4, -0.2) is 0 Å². The minimum atomic E-state index is -0.440. The third-order valence-corrected chi connectivity index (χ3v) is 2.58. The van der Waals surface area contributed by atoms with Crippen molar-refractivity contribution < 1.29 is 0 Å². The number of benzene rings is 1. The lowest BCUT2D eigenvalue weighted by molar-refractivity contribution is 0.601. The van der Waals surface area contributed by atoms with E-state index in [2.05, 4.69) is 13.0 Å². The Morgan fingerprint density at radius 3 is 2.47 bits per heavy atom. The smallest absolute Gasteiger partial charge is 0.100 e. The number of nitrogens with zero attached hydrogens (tertiary/aromatic N) is 1. The fourth-order valence-electron chi connectivity index (χ4n) is 1.90. The van der Waals surface area contributed by atoms with Crippen molar-refractivity contribution >= 4 is 0 Å². The third kappa shape index (κ3) is 2.47. The standard InChI is InChI=1S/C14H17N/c1-3-10-14(12-15,11-4-2)13-8-6-5-7-9-13/h3,5-10H,4,11H2,1-2H3/b10-3+. The van der Waals surface area contributed by atoms with E-state index in [9.17, 15) is 5.26 Å². The molecule has 0 aliphatic carbocycles. The molecule has 1 aromatic rings. The molecule has 0 aromatic heterocycles. The number of rotatable bonds is 4. The molecule has 0 spiro atoms. The van der Waals surface area contributed by atoms with Gasteiger partial charge in [-0.05, 0) is 18.9 Å². The van der Waals surface area contributed by atoms with Gasteiger partial charge in [0.1, 0.15) is 5.41 Å². The molecular formula is C14H17N. The number of hydrogen-bond donors (Lipinski definition) is 0. The number of allylic oxidation sites excluding steroid dienone is 2. The average Bonchev–Trinajstić information content (AvgIpc) is 2.30. The monoisotopic (exact) mass is 199 g/mol. The van der Waals surface area contributed by atoms with E-state index in [1.54, 1.807) is 0 Å². The molecule has 1 aromatic carbocycles. The van der Waals surface area contributed by atoms with E-state index in [1.807, 2.05) is 49.4 Å². The molecule has 0 saturated carbocycles. The predicted molar refractivity (Wildman–Crippen MR) is 63.5 cm³/mol. The summed E-state index contributed by atoms with van der Waals surface area (Å²) in [5, 5.41) is 9.39. The molecule has 0 saturated heterocycles. The van der Waals surface area contributed by atoms with Crippen LogP contribution in [0.4, 0.5) is 0 Å². The molecule has 0 heterocycles. The van der Waals surface area contributed by atoms with Crippen molar-refractivity contribution in [3.8, 4) is 6.07 Å². The first-order valence-corrected chi connectivity index (χ1v) is 5.39. The first-order valence-electron chi connectivity index (χ1n) is 5.39. The van der Waals surface area contributed by atoms with E-state index in [-0.39, 0.29) is 0 Å². The summed E-state index contributed by atoms with van der Waals surface area (Å²) in [5.74, 6) is 0. The highest BCUT2D eigenvalue weighted by atomic mass is 14.4. The Bertz CT molecular complexity index is 359. The molecule has 0 aliphatic heterocycles. The van der Waals surface area contributed by atoms with Gasteiger partial charge in [-0.2, -0.15) is 5.26 Å². The highest BCUT2D eigenvalue weighted by Crippen LogP contribution is 2.30. The highest BCUT2D eigenvalue weighted by molar-refractivity contribution is 5.38. The second-order valence-electron chi connectivity index (χ2n) is 3.70. The van der Waals surface area contributed by atoms with E-state index in [0.29, 0.717) is 0 Å². The molecule has 0 N–H and O–H groups in total. The van der Waals surface area contributed by atoms with Crippen molar-refractivity contribution in [1.82, 2.24) is 0 Å². The van der Waals surface area contributed by atoms with Gasteiger partial charge >= 0.3 is 0 Å². The van der Waals surface area contributed by atoms with Gasteiger partial charge in [0, 0.05) is 0 Å². The Kier molecular flexibility index (Phi) is 4.12. The molecule has 1 heteroatoms. The maximum atomic E-state index is 9.39. The SMILES string of the molecule is C/C=C/C(C#N)(CCC)c1ccccc1. The van der Waals surface area contributed by atoms with Crippen LogP contribution in [0, 0.1) is 11.3 Å². The maximum Gasteiger partial charge on any atom is 0.100 e. The molecule has 0 radical (unpaired) electrons. The Labute approximate surface area is 92.1 Å². The van der Waals surface area contributed by atoms with Gasteiger partial charge in [-0.1, -0.05) is 55.8 Å². The quantitative estimate of drug-likeness (QED) is 0.676. The normalized spacial score (nSPS) is 14.7. The molecule has 0 fully saturated rings. The van der Waals surface area contributed by atoms with Gasteiger partial charge in [0.25, 0.3) is 0 Å². The summed E-state index contributed by atoms with van der Waals surface area (Å²) in [5.41, 5.74) is 0.651. The van der Waals surface area contributed by atoms with E-state index >= 15 is 0 Å². The summed E-state index contributed by atoms with van der Waals surface area (Å²) < 4.78 is 0. The van der Waals surface area contributed by atoms with Crippen LogP contribution in [0.2, 0.25) is 0 Å². The summed E-state index contributed by atoms with van der Waals surface area (Å²) >= 11 is 0. The summed E-state index contributed by atoms with van der Waals surface area (Å²) in [4.78, 5) is 0. The minimum Gasteiger partial charge on any atom is -0.197 e. The molecule has 0 aliphatic rings. The summed E-state index contributed by atoms with van der Waals surface area (Å²) in [7, 11) is 0. The summed E-state index contributed by atoms with van der Waals surface area (Å²) in [6.45, 7) is 4.07. The lowest BCUT2D eigenvalue weighted by atomic mass is 9.78. The van der Waals surface area contributed by atoms with Crippen molar-refractivity contribution in [2.45, 2.75) is 32.1 Å². The van der Waals surface area contributed by atoms with Crippen LogP contribution in [0.1, 0.15) is 32.3 Å². The van der Waals surface area contributed by atoms with Gasteiger partial charge in [0.05, 0.1) is 6.07 Å². The molecule has 1 rings (SSSR count). The number of nitriles is 1. The molecular weight excluding hydrogens is 182 g/mol. The fourth-order valence-corrected chi connectivity index (χ4v) is 1.90. The molecule has 1 unspecified atom stereocenters. The van der Waals surface area contributed by atoms with Gasteiger partial charge in [0.15, 0.2) is 0 Å². The molecule has 1 nitrogen and oxygen atoms in total. The zero-order valence-corrected chi connectivity index (χ0v) is 9.40.